The molecule has 1 aromatic carbocycles. The minimum Gasteiger partial charge on any atom is -0.491 e. The Hall–Kier alpha value is -1.55. The average molecular weight is 305 g/mol. The number of rotatable bonds is 5. The van der Waals surface area contributed by atoms with Crippen molar-refractivity contribution in [1.82, 2.24) is 0 Å². The van der Waals surface area contributed by atoms with Gasteiger partial charge in [0.15, 0.2) is 0 Å². The molecule has 1 N–H and O–H groups in total. The minimum absolute atomic E-state index is 0.0425. The number of anilines is 1. The number of amides is 1. The smallest absolute Gasteiger partial charge is 0.256 e. The Morgan fingerprint density at radius 2 is 2.00 bits per heavy atom. The Morgan fingerprint density at radius 1 is 1.32 bits per heavy atom. The largest absolute Gasteiger partial charge is 0.491 e. The van der Waals surface area contributed by atoms with Crippen molar-refractivity contribution < 1.29 is 14.3 Å². The third kappa shape index (κ3) is 4.01. The van der Waals surface area contributed by atoms with Gasteiger partial charge >= 0.3 is 0 Å². The second-order valence-electron chi connectivity index (χ2n) is 6.55. The van der Waals surface area contributed by atoms with E-state index in [1.807, 2.05) is 38.1 Å². The van der Waals surface area contributed by atoms with Crippen LogP contribution < -0.4 is 10.1 Å². The van der Waals surface area contributed by atoms with E-state index in [9.17, 15) is 4.79 Å². The van der Waals surface area contributed by atoms with Crippen molar-refractivity contribution >= 4 is 11.6 Å². The van der Waals surface area contributed by atoms with Gasteiger partial charge in [-0.05, 0) is 63.3 Å². The number of benzene rings is 1. The summed E-state index contributed by atoms with van der Waals surface area (Å²) in [4.78, 5) is 12.7. The van der Waals surface area contributed by atoms with E-state index in [4.69, 9.17) is 9.47 Å². The third-order valence-corrected chi connectivity index (χ3v) is 4.24. The van der Waals surface area contributed by atoms with Crippen LogP contribution in [0.3, 0.4) is 0 Å². The Balaban J connectivity index is 2.04. The Kier molecular flexibility index (Phi) is 5.46. The van der Waals surface area contributed by atoms with Crippen molar-refractivity contribution in [2.24, 2.45) is 5.92 Å². The zero-order chi connectivity index (χ0) is 16.2. The second kappa shape index (κ2) is 7.14. The van der Waals surface area contributed by atoms with Gasteiger partial charge in [-0.2, -0.15) is 0 Å². The molecule has 0 aliphatic heterocycles. The lowest BCUT2D eigenvalue weighted by molar-refractivity contribution is -0.143. The molecule has 4 heteroatoms. The molecule has 1 aliphatic carbocycles. The monoisotopic (exact) mass is 305 g/mol. The van der Waals surface area contributed by atoms with Crippen molar-refractivity contribution in [2.45, 2.75) is 58.2 Å². The van der Waals surface area contributed by atoms with Crippen LogP contribution in [-0.2, 0) is 9.53 Å². The predicted molar refractivity (Wildman–Crippen MR) is 88.2 cm³/mol. The summed E-state index contributed by atoms with van der Waals surface area (Å²) in [5.41, 5.74) is 0.0841. The van der Waals surface area contributed by atoms with Gasteiger partial charge < -0.3 is 14.8 Å². The van der Waals surface area contributed by atoms with Crippen molar-refractivity contribution in [2.75, 3.05) is 12.4 Å². The first-order chi connectivity index (χ1) is 10.4. The molecule has 0 saturated heterocycles. The maximum absolute atomic E-state index is 12.7. The van der Waals surface area contributed by atoms with Crippen LogP contribution in [0.15, 0.2) is 24.3 Å². The third-order valence-electron chi connectivity index (χ3n) is 4.24. The molecule has 0 radical (unpaired) electrons. The maximum Gasteiger partial charge on any atom is 0.256 e. The van der Waals surface area contributed by atoms with Gasteiger partial charge in [0.1, 0.15) is 11.4 Å². The summed E-state index contributed by atoms with van der Waals surface area (Å²) in [7, 11) is 1.64. The van der Waals surface area contributed by atoms with Gasteiger partial charge in [-0.15, -0.1) is 0 Å². The topological polar surface area (TPSA) is 47.6 Å². The van der Waals surface area contributed by atoms with Crippen LogP contribution in [0.25, 0.3) is 0 Å². The van der Waals surface area contributed by atoms with Gasteiger partial charge in [0, 0.05) is 12.8 Å². The van der Waals surface area contributed by atoms with Crippen molar-refractivity contribution in [3.05, 3.63) is 24.3 Å². The predicted octanol–water partition coefficient (Wildman–Crippen LogP) is 4.01. The Morgan fingerprint density at radius 3 is 2.55 bits per heavy atom. The molecule has 1 amide bonds. The summed E-state index contributed by atoms with van der Waals surface area (Å²) in [6.45, 7) is 6.16. The molecule has 0 aromatic heterocycles. The lowest BCUT2D eigenvalue weighted by Gasteiger charge is -2.37. The summed E-state index contributed by atoms with van der Waals surface area (Å²) >= 11 is 0. The molecule has 0 heterocycles. The van der Waals surface area contributed by atoms with Crippen LogP contribution in [-0.4, -0.2) is 24.7 Å². The van der Waals surface area contributed by atoms with Crippen LogP contribution in [0.4, 0.5) is 5.69 Å². The van der Waals surface area contributed by atoms with Crippen LogP contribution in [0.5, 0.6) is 5.75 Å². The van der Waals surface area contributed by atoms with E-state index in [0.717, 1.165) is 30.7 Å². The highest BCUT2D eigenvalue weighted by molar-refractivity contribution is 5.97. The SMILES string of the molecule is CO[C@@]1(C(=O)Nc2ccc(OC(C)C)cc2)CCC[C@@H](C)C1. The van der Waals surface area contributed by atoms with E-state index in [0.29, 0.717) is 5.92 Å². The van der Waals surface area contributed by atoms with E-state index in [-0.39, 0.29) is 12.0 Å². The first kappa shape index (κ1) is 16.8. The maximum atomic E-state index is 12.7. The summed E-state index contributed by atoms with van der Waals surface area (Å²) in [6.07, 6.45) is 3.90. The molecule has 0 spiro atoms. The molecule has 122 valence electrons. The fraction of sp³-hybridized carbons (Fsp3) is 0.611. The quantitative estimate of drug-likeness (QED) is 0.894. The van der Waals surface area contributed by atoms with E-state index in [1.54, 1.807) is 7.11 Å². The molecule has 22 heavy (non-hydrogen) atoms. The zero-order valence-electron chi connectivity index (χ0n) is 14.0. The molecule has 0 unspecified atom stereocenters. The summed E-state index contributed by atoms with van der Waals surface area (Å²) < 4.78 is 11.2. The molecule has 1 aromatic rings. The van der Waals surface area contributed by atoms with E-state index in [1.165, 1.54) is 6.42 Å². The molecule has 1 aliphatic rings. The number of carbonyl (C=O) groups is 1. The molecule has 0 bridgehead atoms. The van der Waals surface area contributed by atoms with Crippen molar-refractivity contribution in [3.8, 4) is 5.75 Å². The number of methoxy groups -OCH3 is 1. The highest BCUT2D eigenvalue weighted by atomic mass is 16.5. The summed E-state index contributed by atoms with van der Waals surface area (Å²) in [5, 5.41) is 2.98. The van der Waals surface area contributed by atoms with Crippen LogP contribution >= 0.6 is 0 Å². The van der Waals surface area contributed by atoms with Crippen molar-refractivity contribution in [3.63, 3.8) is 0 Å². The number of ether oxygens (including phenoxy) is 2. The number of carbonyl (C=O) groups excluding carboxylic acids is 1. The first-order valence-electron chi connectivity index (χ1n) is 8.08. The van der Waals surface area contributed by atoms with E-state index < -0.39 is 5.60 Å². The molecular formula is C18H27NO3. The van der Waals surface area contributed by atoms with Gasteiger partial charge in [-0.1, -0.05) is 13.3 Å². The lowest BCUT2D eigenvalue weighted by Crippen LogP contribution is -2.47. The fourth-order valence-electron chi connectivity index (χ4n) is 3.12. The molecule has 2 atom stereocenters. The summed E-state index contributed by atoms with van der Waals surface area (Å²) in [5.74, 6) is 1.28. The van der Waals surface area contributed by atoms with Gasteiger partial charge in [0.2, 0.25) is 0 Å². The Labute approximate surface area is 133 Å². The van der Waals surface area contributed by atoms with Crippen LogP contribution in [0, 0.1) is 5.92 Å². The number of hydrogen-bond acceptors (Lipinski definition) is 3. The lowest BCUT2D eigenvalue weighted by atomic mass is 9.78. The fourth-order valence-corrected chi connectivity index (χ4v) is 3.12. The second-order valence-corrected chi connectivity index (χ2v) is 6.55. The molecule has 1 saturated carbocycles. The highest BCUT2D eigenvalue weighted by Gasteiger charge is 2.41. The van der Waals surface area contributed by atoms with Crippen LogP contribution in [0.2, 0.25) is 0 Å². The van der Waals surface area contributed by atoms with Gasteiger partial charge in [-0.25, -0.2) is 0 Å². The summed E-state index contributed by atoms with van der Waals surface area (Å²) in [6, 6.07) is 7.48. The molecule has 1 fully saturated rings. The van der Waals surface area contributed by atoms with Gasteiger partial charge in [0.05, 0.1) is 6.10 Å². The normalized spacial score (nSPS) is 25.0. The first-order valence-corrected chi connectivity index (χ1v) is 8.08. The molecule has 2 rings (SSSR count). The minimum atomic E-state index is -0.690. The highest BCUT2D eigenvalue weighted by Crippen LogP contribution is 2.35. The standard InChI is InChI=1S/C18H27NO3/c1-13(2)22-16-9-7-15(8-10-16)19-17(20)18(21-4)11-5-6-14(3)12-18/h7-10,13-14H,5-6,11-12H2,1-4H3,(H,19,20)/t14-,18+/m1/s1. The average Bonchev–Trinajstić information content (AvgIpc) is 2.48. The Bertz CT molecular complexity index is 498. The van der Waals surface area contributed by atoms with E-state index in [2.05, 4.69) is 12.2 Å². The zero-order valence-corrected chi connectivity index (χ0v) is 14.0. The van der Waals surface area contributed by atoms with Crippen molar-refractivity contribution in [1.29, 1.82) is 0 Å². The van der Waals surface area contributed by atoms with Gasteiger partial charge in [0.25, 0.3) is 5.91 Å². The molecular weight excluding hydrogens is 278 g/mol. The number of hydrogen-bond donors (Lipinski definition) is 1. The molecule has 4 nitrogen and oxygen atoms in total. The van der Waals surface area contributed by atoms with Gasteiger partial charge in [-0.3, -0.25) is 4.79 Å². The van der Waals surface area contributed by atoms with Crippen LogP contribution in [0.1, 0.15) is 46.5 Å². The van der Waals surface area contributed by atoms with E-state index >= 15 is 0 Å². The number of nitrogens with one attached hydrogen (secondary N) is 1.